The maximum absolute atomic E-state index is 11.9. The van der Waals surface area contributed by atoms with Crippen LogP contribution in [0, 0.1) is 11.3 Å². The van der Waals surface area contributed by atoms with Crippen molar-refractivity contribution in [1.82, 2.24) is 5.32 Å². The molecule has 1 amide bonds. The Kier molecular flexibility index (Phi) is 5.59. The van der Waals surface area contributed by atoms with Crippen LogP contribution in [0.2, 0.25) is 0 Å². The van der Waals surface area contributed by atoms with Crippen LogP contribution >= 0.6 is 0 Å². The predicted molar refractivity (Wildman–Crippen MR) is 80.9 cm³/mol. The van der Waals surface area contributed by atoms with Crippen molar-refractivity contribution in [3.05, 3.63) is 35.4 Å². The van der Waals surface area contributed by atoms with Gasteiger partial charge in [-0.1, -0.05) is 58.9 Å². The molecule has 0 aliphatic rings. The number of nitrogens with one attached hydrogen (secondary N) is 1. The highest BCUT2D eigenvalue weighted by Crippen LogP contribution is 2.18. The lowest BCUT2D eigenvalue weighted by Crippen LogP contribution is -2.27. The molecule has 0 fully saturated rings. The van der Waals surface area contributed by atoms with Gasteiger partial charge in [0.25, 0.3) is 0 Å². The number of carbonyl (C=O) groups is 1. The third-order valence-electron chi connectivity index (χ3n) is 2.91. The zero-order chi connectivity index (χ0) is 14.5. The fourth-order valence-corrected chi connectivity index (χ4v) is 2.11. The number of benzene rings is 1. The van der Waals surface area contributed by atoms with Crippen LogP contribution in [-0.2, 0) is 17.8 Å². The fraction of sp³-hybridized carbons (Fsp3) is 0.588. The van der Waals surface area contributed by atoms with Gasteiger partial charge in [-0.2, -0.15) is 0 Å². The zero-order valence-electron chi connectivity index (χ0n) is 12.9. The molecule has 0 atom stereocenters. The second kappa shape index (κ2) is 6.74. The van der Waals surface area contributed by atoms with Crippen LogP contribution in [0.3, 0.4) is 0 Å². The average molecular weight is 261 g/mol. The van der Waals surface area contributed by atoms with E-state index in [0.717, 1.165) is 6.42 Å². The third-order valence-corrected chi connectivity index (χ3v) is 2.91. The summed E-state index contributed by atoms with van der Waals surface area (Å²) in [4.78, 5) is 11.9. The largest absolute Gasteiger partial charge is 0.352 e. The maximum Gasteiger partial charge on any atom is 0.220 e. The Morgan fingerprint density at radius 1 is 1.16 bits per heavy atom. The van der Waals surface area contributed by atoms with E-state index >= 15 is 0 Å². The topological polar surface area (TPSA) is 29.1 Å². The van der Waals surface area contributed by atoms with E-state index in [4.69, 9.17) is 0 Å². The Morgan fingerprint density at radius 3 is 2.26 bits per heavy atom. The summed E-state index contributed by atoms with van der Waals surface area (Å²) in [5, 5.41) is 3.03. The zero-order valence-corrected chi connectivity index (χ0v) is 12.9. The summed E-state index contributed by atoms with van der Waals surface area (Å²) in [6, 6.07) is 8.37. The molecule has 2 heteroatoms. The molecule has 0 radical (unpaired) electrons. The molecule has 0 bridgehead atoms. The first-order valence-corrected chi connectivity index (χ1v) is 7.11. The molecule has 0 heterocycles. The van der Waals surface area contributed by atoms with E-state index in [9.17, 15) is 4.79 Å². The minimum atomic E-state index is 0.0432. The van der Waals surface area contributed by atoms with Crippen molar-refractivity contribution in [2.45, 2.75) is 54.0 Å². The Bertz CT molecular complexity index is 416. The van der Waals surface area contributed by atoms with Crippen molar-refractivity contribution >= 4 is 5.91 Å². The van der Waals surface area contributed by atoms with E-state index in [1.54, 1.807) is 0 Å². The van der Waals surface area contributed by atoms with Gasteiger partial charge in [0.1, 0.15) is 0 Å². The fourth-order valence-electron chi connectivity index (χ4n) is 2.11. The highest BCUT2D eigenvalue weighted by atomic mass is 16.1. The van der Waals surface area contributed by atoms with Crippen molar-refractivity contribution in [3.63, 3.8) is 0 Å². The van der Waals surface area contributed by atoms with E-state index in [1.807, 2.05) is 6.07 Å². The van der Waals surface area contributed by atoms with Crippen molar-refractivity contribution < 1.29 is 4.79 Å². The number of amides is 1. The average Bonchev–Trinajstić information content (AvgIpc) is 2.24. The molecule has 0 spiro atoms. The molecular weight excluding hydrogens is 234 g/mol. The van der Waals surface area contributed by atoms with Crippen molar-refractivity contribution in [2.75, 3.05) is 0 Å². The Balaban J connectivity index is 2.60. The Labute approximate surface area is 117 Å². The van der Waals surface area contributed by atoms with Gasteiger partial charge in [0.15, 0.2) is 0 Å². The minimum absolute atomic E-state index is 0.0432. The second-order valence-electron chi connectivity index (χ2n) is 6.88. The smallest absolute Gasteiger partial charge is 0.220 e. The third kappa shape index (κ3) is 6.42. The SMILES string of the molecule is CC(C)Cc1ccccc1CNC(=O)CC(C)(C)C. The van der Waals surface area contributed by atoms with E-state index in [-0.39, 0.29) is 11.3 Å². The molecule has 106 valence electrons. The first-order valence-electron chi connectivity index (χ1n) is 7.11. The molecule has 1 aromatic rings. The normalized spacial score (nSPS) is 11.7. The molecule has 0 saturated heterocycles. The van der Waals surface area contributed by atoms with Crippen LogP contribution in [0.15, 0.2) is 24.3 Å². The van der Waals surface area contributed by atoms with Gasteiger partial charge in [0, 0.05) is 13.0 Å². The summed E-state index contributed by atoms with van der Waals surface area (Å²) in [5.74, 6) is 0.762. The molecule has 1 aromatic carbocycles. The van der Waals surface area contributed by atoms with E-state index < -0.39 is 0 Å². The maximum atomic E-state index is 11.9. The van der Waals surface area contributed by atoms with Crippen LogP contribution in [-0.4, -0.2) is 5.91 Å². The van der Waals surface area contributed by atoms with Gasteiger partial charge in [0.2, 0.25) is 5.91 Å². The molecule has 0 aromatic heterocycles. The van der Waals surface area contributed by atoms with Crippen LogP contribution in [0.4, 0.5) is 0 Å². The molecule has 1 rings (SSSR count). The van der Waals surface area contributed by atoms with Crippen LogP contribution in [0.5, 0.6) is 0 Å². The molecule has 1 N–H and O–H groups in total. The molecular formula is C17H27NO. The van der Waals surface area contributed by atoms with Gasteiger partial charge < -0.3 is 5.32 Å². The first-order chi connectivity index (χ1) is 8.78. The monoisotopic (exact) mass is 261 g/mol. The lowest BCUT2D eigenvalue weighted by Gasteiger charge is -2.18. The predicted octanol–water partition coefficient (Wildman–Crippen LogP) is 3.94. The number of hydrogen-bond donors (Lipinski definition) is 1. The lowest BCUT2D eigenvalue weighted by molar-refractivity contribution is -0.122. The highest BCUT2D eigenvalue weighted by Gasteiger charge is 2.15. The van der Waals surface area contributed by atoms with Crippen molar-refractivity contribution in [3.8, 4) is 0 Å². The molecule has 19 heavy (non-hydrogen) atoms. The van der Waals surface area contributed by atoms with E-state index in [1.165, 1.54) is 11.1 Å². The molecule has 0 aliphatic heterocycles. The second-order valence-corrected chi connectivity index (χ2v) is 6.88. The molecule has 0 aliphatic carbocycles. The van der Waals surface area contributed by atoms with Gasteiger partial charge in [-0.15, -0.1) is 0 Å². The summed E-state index contributed by atoms with van der Waals surface area (Å²) >= 11 is 0. The van der Waals surface area contributed by atoms with Gasteiger partial charge >= 0.3 is 0 Å². The van der Waals surface area contributed by atoms with E-state index in [2.05, 4.69) is 58.1 Å². The quantitative estimate of drug-likeness (QED) is 0.854. The minimum Gasteiger partial charge on any atom is -0.352 e. The highest BCUT2D eigenvalue weighted by molar-refractivity contribution is 5.76. The number of hydrogen-bond acceptors (Lipinski definition) is 1. The summed E-state index contributed by atoms with van der Waals surface area (Å²) in [6.07, 6.45) is 1.63. The van der Waals surface area contributed by atoms with Crippen LogP contribution in [0.25, 0.3) is 0 Å². The molecule has 0 unspecified atom stereocenters. The lowest BCUT2D eigenvalue weighted by atomic mass is 9.92. The summed E-state index contributed by atoms with van der Waals surface area (Å²) in [7, 11) is 0. The van der Waals surface area contributed by atoms with Gasteiger partial charge in [-0.05, 0) is 28.9 Å². The molecule has 2 nitrogen and oxygen atoms in total. The number of carbonyl (C=O) groups excluding carboxylic acids is 1. The van der Waals surface area contributed by atoms with Crippen LogP contribution < -0.4 is 5.32 Å². The van der Waals surface area contributed by atoms with Crippen LogP contribution in [0.1, 0.15) is 52.2 Å². The van der Waals surface area contributed by atoms with E-state index in [0.29, 0.717) is 18.9 Å². The van der Waals surface area contributed by atoms with Gasteiger partial charge in [0.05, 0.1) is 0 Å². The van der Waals surface area contributed by atoms with Gasteiger partial charge in [-0.3, -0.25) is 4.79 Å². The standard InChI is InChI=1S/C17H27NO/c1-13(2)10-14-8-6-7-9-15(14)12-18-16(19)11-17(3,4)5/h6-9,13H,10-12H2,1-5H3,(H,18,19). The van der Waals surface area contributed by atoms with Crippen molar-refractivity contribution in [2.24, 2.45) is 11.3 Å². The van der Waals surface area contributed by atoms with Gasteiger partial charge in [-0.25, -0.2) is 0 Å². The summed E-state index contributed by atoms with van der Waals surface area (Å²) in [5.41, 5.74) is 2.62. The van der Waals surface area contributed by atoms with Crippen molar-refractivity contribution in [1.29, 1.82) is 0 Å². The summed E-state index contributed by atoms with van der Waals surface area (Å²) < 4.78 is 0. The first kappa shape index (κ1) is 15.7. The Hall–Kier alpha value is -1.31. The number of rotatable bonds is 5. The molecule has 0 saturated carbocycles. The Morgan fingerprint density at radius 2 is 1.74 bits per heavy atom. The summed E-state index contributed by atoms with van der Waals surface area (Å²) in [6.45, 7) is 11.3.